The highest BCUT2D eigenvalue weighted by Crippen LogP contribution is 2.37. The van der Waals surface area contributed by atoms with Gasteiger partial charge in [0, 0.05) is 13.1 Å². The number of fused-ring (bicyclic) bond motifs is 1. The molecular formula is C21H21FN2O4. The zero-order valence-corrected chi connectivity index (χ0v) is 15.3. The quantitative estimate of drug-likeness (QED) is 0.874. The van der Waals surface area contributed by atoms with Crippen molar-refractivity contribution in [2.75, 3.05) is 26.3 Å². The second kappa shape index (κ2) is 7.59. The van der Waals surface area contributed by atoms with Gasteiger partial charge in [-0.05, 0) is 36.2 Å². The lowest BCUT2D eigenvalue weighted by Gasteiger charge is -2.50. The minimum absolute atomic E-state index is 0.0205. The van der Waals surface area contributed by atoms with Crippen molar-refractivity contribution in [3.05, 3.63) is 66.0 Å². The predicted octanol–water partition coefficient (Wildman–Crippen LogP) is 1.85. The van der Waals surface area contributed by atoms with Gasteiger partial charge in [0.05, 0.1) is 5.54 Å². The molecule has 0 unspecified atom stereocenters. The molecular weight excluding hydrogens is 363 g/mol. The number of nitrogens with zero attached hydrogens (tertiary/aromatic N) is 1. The van der Waals surface area contributed by atoms with Crippen LogP contribution in [0, 0.1) is 5.82 Å². The molecule has 0 radical (unpaired) electrons. The Morgan fingerprint density at radius 1 is 1.21 bits per heavy atom. The van der Waals surface area contributed by atoms with Crippen LogP contribution in [0.5, 0.6) is 5.75 Å². The topological polar surface area (TPSA) is 67.9 Å². The first kappa shape index (κ1) is 18.4. The van der Waals surface area contributed by atoms with Crippen LogP contribution < -0.4 is 10.1 Å². The van der Waals surface area contributed by atoms with Crippen LogP contribution in [0.15, 0.2) is 54.6 Å². The molecule has 28 heavy (non-hydrogen) atoms. The van der Waals surface area contributed by atoms with Gasteiger partial charge in [0.15, 0.2) is 6.61 Å². The average molecular weight is 384 g/mol. The number of halogens is 1. The zero-order valence-electron chi connectivity index (χ0n) is 15.3. The fraction of sp³-hybridized carbons (Fsp3) is 0.333. The summed E-state index contributed by atoms with van der Waals surface area (Å²) >= 11 is 0. The number of carbonyl (C=O) groups excluding carboxylic acids is 2. The van der Waals surface area contributed by atoms with Crippen molar-refractivity contribution >= 4 is 11.8 Å². The second-order valence-electron chi connectivity index (χ2n) is 7.02. The summed E-state index contributed by atoms with van der Waals surface area (Å²) in [7, 11) is 0. The minimum Gasteiger partial charge on any atom is -0.484 e. The van der Waals surface area contributed by atoms with Crippen LogP contribution >= 0.6 is 0 Å². The van der Waals surface area contributed by atoms with Crippen LogP contribution in [0.25, 0.3) is 0 Å². The van der Waals surface area contributed by atoms with Crippen molar-refractivity contribution in [2.24, 2.45) is 0 Å². The SMILES string of the molecule is O=C1CO[C@@H]2CN(C(=O)COc3ccc(F)cc3)CC[C@@]2(c2ccccc2)N1. The van der Waals surface area contributed by atoms with Gasteiger partial charge in [-0.15, -0.1) is 0 Å². The van der Waals surface area contributed by atoms with Crippen LogP contribution in [0.2, 0.25) is 0 Å². The van der Waals surface area contributed by atoms with Gasteiger partial charge >= 0.3 is 0 Å². The summed E-state index contributed by atoms with van der Waals surface area (Å²) in [4.78, 5) is 26.3. The summed E-state index contributed by atoms with van der Waals surface area (Å²) < 4.78 is 24.3. The third kappa shape index (κ3) is 3.57. The highest BCUT2D eigenvalue weighted by molar-refractivity contribution is 5.80. The third-order valence-corrected chi connectivity index (χ3v) is 5.31. The van der Waals surface area contributed by atoms with Crippen LogP contribution in [0.1, 0.15) is 12.0 Å². The first-order valence-corrected chi connectivity index (χ1v) is 9.21. The largest absolute Gasteiger partial charge is 0.484 e. The molecule has 2 heterocycles. The van der Waals surface area contributed by atoms with E-state index >= 15 is 0 Å². The van der Waals surface area contributed by atoms with Crippen molar-refractivity contribution in [3.63, 3.8) is 0 Å². The smallest absolute Gasteiger partial charge is 0.260 e. The van der Waals surface area contributed by atoms with Crippen molar-refractivity contribution < 1.29 is 23.5 Å². The van der Waals surface area contributed by atoms with E-state index in [0.717, 1.165) is 5.56 Å². The summed E-state index contributed by atoms with van der Waals surface area (Å²) in [6.45, 7) is 0.678. The first-order chi connectivity index (χ1) is 13.6. The lowest BCUT2D eigenvalue weighted by atomic mass is 9.77. The van der Waals surface area contributed by atoms with Gasteiger partial charge in [0.2, 0.25) is 5.91 Å². The summed E-state index contributed by atoms with van der Waals surface area (Å²) in [5.74, 6) is -0.249. The molecule has 2 atom stereocenters. The van der Waals surface area contributed by atoms with E-state index in [4.69, 9.17) is 9.47 Å². The van der Waals surface area contributed by atoms with E-state index in [1.807, 2.05) is 30.3 Å². The summed E-state index contributed by atoms with van der Waals surface area (Å²) in [6.07, 6.45) is 0.214. The molecule has 2 aromatic rings. The standard InChI is InChI=1S/C21H21FN2O4/c22-16-6-8-17(9-7-16)27-14-20(26)24-11-10-21(15-4-2-1-3-5-15)18(12-24)28-13-19(25)23-21/h1-9,18H,10-14H2,(H,23,25)/t18-,21+/m1/s1. The van der Waals surface area contributed by atoms with E-state index in [9.17, 15) is 14.0 Å². The number of hydrogen-bond acceptors (Lipinski definition) is 4. The Morgan fingerprint density at radius 2 is 1.96 bits per heavy atom. The van der Waals surface area contributed by atoms with Crippen molar-refractivity contribution in [2.45, 2.75) is 18.1 Å². The van der Waals surface area contributed by atoms with Crippen LogP contribution in [0.4, 0.5) is 4.39 Å². The molecule has 2 fully saturated rings. The Morgan fingerprint density at radius 3 is 2.71 bits per heavy atom. The second-order valence-corrected chi connectivity index (χ2v) is 7.02. The van der Waals surface area contributed by atoms with E-state index in [1.165, 1.54) is 24.3 Å². The number of likely N-dealkylation sites (tertiary alicyclic amines) is 1. The van der Waals surface area contributed by atoms with Crippen molar-refractivity contribution in [1.29, 1.82) is 0 Å². The Hall–Kier alpha value is -2.93. The maximum absolute atomic E-state index is 13.0. The van der Waals surface area contributed by atoms with Gasteiger partial charge in [-0.1, -0.05) is 30.3 Å². The van der Waals surface area contributed by atoms with E-state index in [-0.39, 0.29) is 36.9 Å². The molecule has 4 rings (SSSR count). The van der Waals surface area contributed by atoms with Crippen LogP contribution in [-0.4, -0.2) is 49.1 Å². The Bertz CT molecular complexity index is 858. The van der Waals surface area contributed by atoms with Gasteiger partial charge in [0.1, 0.15) is 24.3 Å². The molecule has 2 aliphatic rings. The molecule has 2 saturated heterocycles. The monoisotopic (exact) mass is 384 g/mol. The molecule has 2 aliphatic heterocycles. The molecule has 2 aromatic carbocycles. The zero-order chi connectivity index (χ0) is 19.6. The van der Waals surface area contributed by atoms with Gasteiger partial charge in [-0.2, -0.15) is 0 Å². The Labute approximate surface area is 162 Å². The molecule has 7 heteroatoms. The first-order valence-electron chi connectivity index (χ1n) is 9.21. The van der Waals surface area contributed by atoms with E-state index < -0.39 is 5.54 Å². The number of rotatable bonds is 4. The number of morpholine rings is 1. The van der Waals surface area contributed by atoms with Crippen LogP contribution in [0.3, 0.4) is 0 Å². The minimum atomic E-state index is -0.634. The van der Waals surface area contributed by atoms with E-state index in [1.54, 1.807) is 4.90 Å². The summed E-state index contributed by atoms with van der Waals surface area (Å²) in [5.41, 5.74) is 0.341. The summed E-state index contributed by atoms with van der Waals surface area (Å²) in [5, 5.41) is 3.10. The average Bonchev–Trinajstić information content (AvgIpc) is 2.73. The molecule has 0 aliphatic carbocycles. The van der Waals surface area contributed by atoms with Gasteiger partial charge in [0.25, 0.3) is 5.91 Å². The molecule has 146 valence electrons. The number of piperidine rings is 1. The fourth-order valence-electron chi connectivity index (χ4n) is 3.85. The molecule has 0 aromatic heterocycles. The van der Waals surface area contributed by atoms with Crippen LogP contribution in [-0.2, 0) is 19.9 Å². The summed E-state index contributed by atoms with van der Waals surface area (Å²) in [6, 6.07) is 15.3. The highest BCUT2D eigenvalue weighted by atomic mass is 19.1. The van der Waals surface area contributed by atoms with E-state index in [2.05, 4.69) is 5.32 Å². The molecule has 6 nitrogen and oxygen atoms in total. The predicted molar refractivity (Wildman–Crippen MR) is 99.1 cm³/mol. The van der Waals surface area contributed by atoms with Crippen molar-refractivity contribution in [3.8, 4) is 5.75 Å². The normalized spacial score (nSPS) is 24.2. The molecule has 0 spiro atoms. The molecule has 1 N–H and O–H groups in total. The van der Waals surface area contributed by atoms with Gasteiger partial charge in [-0.25, -0.2) is 4.39 Å². The third-order valence-electron chi connectivity index (χ3n) is 5.31. The molecule has 2 amide bonds. The number of hydrogen-bond donors (Lipinski definition) is 1. The molecule has 0 saturated carbocycles. The van der Waals surface area contributed by atoms with E-state index in [0.29, 0.717) is 25.3 Å². The fourth-order valence-corrected chi connectivity index (χ4v) is 3.85. The number of ether oxygens (including phenoxy) is 2. The Balaban J connectivity index is 1.45. The van der Waals surface area contributed by atoms with Gasteiger partial charge in [-0.3, -0.25) is 9.59 Å². The lowest BCUT2D eigenvalue weighted by molar-refractivity contribution is -0.158. The number of benzene rings is 2. The lowest BCUT2D eigenvalue weighted by Crippen LogP contribution is -2.67. The Kier molecular flexibility index (Phi) is 5.00. The molecule has 0 bridgehead atoms. The maximum atomic E-state index is 13.0. The number of nitrogens with one attached hydrogen (secondary N) is 1. The number of amides is 2. The van der Waals surface area contributed by atoms with Crippen molar-refractivity contribution in [1.82, 2.24) is 10.2 Å². The number of carbonyl (C=O) groups is 2. The maximum Gasteiger partial charge on any atom is 0.260 e. The highest BCUT2D eigenvalue weighted by Gasteiger charge is 2.49. The van der Waals surface area contributed by atoms with Gasteiger partial charge < -0.3 is 19.7 Å².